The maximum absolute atomic E-state index is 14.0. The van der Waals surface area contributed by atoms with Crippen LogP contribution in [-0.4, -0.2) is 118 Å². The first-order valence-corrected chi connectivity index (χ1v) is 22.9. The standard InChI is InChI=1S/C41H53N2O16PS/c1-6-53-39(47)27(4)58-60(49,59-32-9-7-8-29(21-32)38(45)46)25-56-31-12-10-28(11-13-31)20-35(42-41(48)57-37-24-55-40-34(37)18-19-54-40)36(44)23-43(22-26(2)3)61(50,51)33-16-14-30(52-5)15-17-33/h7-17,21,26-27,34-37,40,44H,6,18-20,22-25H2,1-5H3,(H,42,48)(H,45,46)/t27?,34-,35-,36+,37-,40+,60?/m0/s1. The number of hydrogen-bond donors (Lipinski definition) is 3. The zero-order valence-corrected chi connectivity index (χ0v) is 36.3. The second kappa shape index (κ2) is 21.4. The Morgan fingerprint density at radius 3 is 2.33 bits per heavy atom. The molecular weight excluding hydrogens is 839 g/mol. The Bertz CT molecular complexity index is 2100. The van der Waals surface area contributed by atoms with Crippen LogP contribution in [0, 0.1) is 11.8 Å². The smallest absolute Gasteiger partial charge is 0.417 e. The van der Waals surface area contributed by atoms with E-state index in [1.165, 1.54) is 72.9 Å². The van der Waals surface area contributed by atoms with Gasteiger partial charge in [-0.1, -0.05) is 32.0 Å². The molecule has 3 aromatic rings. The summed E-state index contributed by atoms with van der Waals surface area (Å²) in [5, 5.41) is 23.9. The molecule has 2 heterocycles. The number of rotatable bonds is 22. The van der Waals surface area contributed by atoms with Crippen molar-refractivity contribution in [2.24, 2.45) is 11.8 Å². The molecule has 0 aliphatic carbocycles. The highest BCUT2D eigenvalue weighted by molar-refractivity contribution is 7.89. The number of carbonyl (C=O) groups is 3. The van der Waals surface area contributed by atoms with Gasteiger partial charge in [-0.05, 0) is 92.8 Å². The lowest BCUT2D eigenvalue weighted by Crippen LogP contribution is -2.51. The molecule has 0 bridgehead atoms. The number of ether oxygens (including phenoxy) is 6. The molecule has 2 saturated heterocycles. The second-order valence-electron chi connectivity index (χ2n) is 14.8. The van der Waals surface area contributed by atoms with Crippen molar-refractivity contribution in [3.63, 3.8) is 0 Å². The van der Waals surface area contributed by atoms with Gasteiger partial charge >= 0.3 is 25.6 Å². The Kier molecular flexibility index (Phi) is 16.6. The summed E-state index contributed by atoms with van der Waals surface area (Å²) in [5.74, 6) is -1.76. The fourth-order valence-corrected chi connectivity index (χ4v) is 9.75. The minimum absolute atomic E-state index is 0.000274. The maximum Gasteiger partial charge on any atom is 0.417 e. The number of amides is 1. The summed E-state index contributed by atoms with van der Waals surface area (Å²) in [6.07, 6.45) is -4.70. The number of carbonyl (C=O) groups excluding carboxylic acids is 2. The molecule has 0 aromatic heterocycles. The highest BCUT2D eigenvalue weighted by Crippen LogP contribution is 2.50. The second-order valence-corrected chi connectivity index (χ2v) is 18.6. The van der Waals surface area contributed by atoms with E-state index in [0.717, 1.165) is 6.07 Å². The van der Waals surface area contributed by atoms with Gasteiger partial charge in [-0.25, -0.2) is 27.4 Å². The van der Waals surface area contributed by atoms with Crippen LogP contribution < -0.4 is 19.3 Å². The molecule has 2 aliphatic rings. The van der Waals surface area contributed by atoms with Gasteiger partial charge in [-0.3, -0.25) is 4.52 Å². The van der Waals surface area contributed by atoms with Gasteiger partial charge in [0.05, 0.1) is 55.5 Å². The van der Waals surface area contributed by atoms with Crippen molar-refractivity contribution in [2.45, 2.75) is 76.1 Å². The van der Waals surface area contributed by atoms with Crippen LogP contribution >= 0.6 is 7.60 Å². The number of esters is 1. The molecule has 18 nitrogen and oxygen atoms in total. The summed E-state index contributed by atoms with van der Waals surface area (Å²) in [7, 11) is -6.97. The molecule has 0 radical (unpaired) electrons. The van der Waals surface area contributed by atoms with E-state index in [2.05, 4.69) is 5.32 Å². The molecule has 2 unspecified atom stereocenters. The number of aromatic carboxylic acids is 1. The molecular formula is C41H53N2O16PS. The Morgan fingerprint density at radius 2 is 1.67 bits per heavy atom. The van der Waals surface area contributed by atoms with Crippen molar-refractivity contribution in [1.29, 1.82) is 0 Å². The lowest BCUT2D eigenvalue weighted by Gasteiger charge is -2.31. The van der Waals surface area contributed by atoms with Crippen LogP contribution in [0.4, 0.5) is 4.79 Å². The Morgan fingerprint density at radius 1 is 0.967 bits per heavy atom. The predicted octanol–water partition coefficient (Wildman–Crippen LogP) is 5.08. The Hall–Kier alpha value is -4.75. The van der Waals surface area contributed by atoms with Gasteiger partial charge in [0, 0.05) is 13.1 Å². The van der Waals surface area contributed by atoms with Gasteiger partial charge in [0.1, 0.15) is 23.4 Å². The number of nitrogens with zero attached hydrogens (tertiary/aromatic N) is 1. The number of carboxylic acid groups (broad SMARTS) is 1. The summed E-state index contributed by atoms with van der Waals surface area (Å²) in [6, 6.07) is 16.4. The topological polar surface area (TPSA) is 232 Å². The van der Waals surface area contributed by atoms with Gasteiger partial charge in [0.2, 0.25) is 16.4 Å². The van der Waals surface area contributed by atoms with Gasteiger partial charge < -0.3 is 48.5 Å². The monoisotopic (exact) mass is 892 g/mol. The normalized spacial score (nSPS) is 19.9. The number of aliphatic hydroxyl groups excluding tert-OH is 1. The lowest BCUT2D eigenvalue weighted by molar-refractivity contribution is -0.150. The highest BCUT2D eigenvalue weighted by atomic mass is 32.2. The molecule has 61 heavy (non-hydrogen) atoms. The van der Waals surface area contributed by atoms with Crippen molar-refractivity contribution < 1.29 is 75.0 Å². The lowest BCUT2D eigenvalue weighted by atomic mass is 10.0. The highest BCUT2D eigenvalue weighted by Gasteiger charge is 2.44. The van der Waals surface area contributed by atoms with Crippen LogP contribution in [0.15, 0.2) is 77.7 Å². The number of sulfonamides is 1. The van der Waals surface area contributed by atoms with Gasteiger partial charge in [-0.15, -0.1) is 0 Å². The quantitative estimate of drug-likeness (QED) is 0.0882. The average Bonchev–Trinajstić information content (AvgIpc) is 3.85. The first kappa shape index (κ1) is 47.3. The van der Waals surface area contributed by atoms with Crippen LogP contribution in [0.2, 0.25) is 0 Å². The Balaban J connectivity index is 1.34. The number of aliphatic hydroxyl groups is 1. The summed E-state index contributed by atoms with van der Waals surface area (Å²) >= 11 is 0. The number of carboxylic acids is 1. The van der Waals surface area contributed by atoms with E-state index in [9.17, 15) is 37.6 Å². The van der Waals surface area contributed by atoms with E-state index in [1.54, 1.807) is 19.1 Å². The van der Waals surface area contributed by atoms with Crippen molar-refractivity contribution in [2.75, 3.05) is 46.4 Å². The van der Waals surface area contributed by atoms with Crippen molar-refractivity contribution >= 4 is 35.7 Å². The largest absolute Gasteiger partial charge is 0.497 e. The first-order chi connectivity index (χ1) is 29.0. The van der Waals surface area contributed by atoms with E-state index in [4.69, 9.17) is 37.5 Å². The van der Waals surface area contributed by atoms with Crippen molar-refractivity contribution in [3.8, 4) is 17.2 Å². The third-order valence-corrected chi connectivity index (χ3v) is 13.1. The average molecular weight is 893 g/mol. The molecule has 20 heteroatoms. The van der Waals surface area contributed by atoms with Crippen molar-refractivity contribution in [3.05, 3.63) is 83.9 Å². The van der Waals surface area contributed by atoms with E-state index in [-0.39, 0.29) is 66.5 Å². The van der Waals surface area contributed by atoms with Crippen LogP contribution in [0.5, 0.6) is 17.2 Å². The molecule has 2 fully saturated rings. The number of methoxy groups -OCH3 is 1. The summed E-state index contributed by atoms with van der Waals surface area (Å²) < 4.78 is 87.0. The predicted molar refractivity (Wildman–Crippen MR) is 218 cm³/mol. The van der Waals surface area contributed by atoms with Crippen LogP contribution in [0.25, 0.3) is 0 Å². The minimum atomic E-state index is -4.33. The van der Waals surface area contributed by atoms with E-state index in [1.807, 2.05) is 13.8 Å². The molecule has 334 valence electrons. The maximum atomic E-state index is 14.0. The summed E-state index contributed by atoms with van der Waals surface area (Å²) in [6.45, 7) is 6.95. The van der Waals surface area contributed by atoms with Gasteiger partial charge in [0.15, 0.2) is 12.4 Å². The fraction of sp³-hybridized carbons (Fsp3) is 0.488. The van der Waals surface area contributed by atoms with Crippen LogP contribution in [-0.2, 0) is 49.3 Å². The Labute approximate surface area is 354 Å². The summed E-state index contributed by atoms with van der Waals surface area (Å²) in [4.78, 5) is 37.3. The van der Waals surface area contributed by atoms with E-state index >= 15 is 0 Å². The molecule has 3 aromatic carbocycles. The molecule has 1 amide bonds. The van der Waals surface area contributed by atoms with E-state index in [0.29, 0.717) is 24.3 Å². The van der Waals surface area contributed by atoms with Crippen LogP contribution in [0.1, 0.15) is 50.0 Å². The van der Waals surface area contributed by atoms with Gasteiger partial charge in [0.25, 0.3) is 0 Å². The molecule has 7 atom stereocenters. The first-order valence-electron chi connectivity index (χ1n) is 19.7. The number of hydrogen-bond acceptors (Lipinski definition) is 15. The molecule has 5 rings (SSSR count). The number of benzene rings is 3. The SMILES string of the molecule is CCOC(=O)C(C)OP(=O)(COc1ccc(C[C@H](NC(=O)O[C@H]2CO[C@H]3OCC[C@H]32)[C@H](O)CN(CC(C)C)S(=O)(=O)c2ccc(OC)cc2)cc1)Oc1cccc(C(=O)O)c1. The van der Waals surface area contributed by atoms with E-state index < -0.39 is 72.6 Å². The number of nitrogens with one attached hydrogen (secondary N) is 1. The third-order valence-electron chi connectivity index (χ3n) is 9.70. The molecule has 2 aliphatic heterocycles. The summed E-state index contributed by atoms with van der Waals surface area (Å²) in [5.41, 5.74) is 0.442. The molecule has 0 spiro atoms. The molecule has 3 N–H and O–H groups in total. The fourth-order valence-electron chi connectivity index (χ4n) is 6.66. The zero-order chi connectivity index (χ0) is 44.3. The van der Waals surface area contributed by atoms with Gasteiger partial charge in [-0.2, -0.15) is 4.31 Å². The third kappa shape index (κ3) is 13.1. The minimum Gasteiger partial charge on any atom is -0.497 e. The zero-order valence-electron chi connectivity index (χ0n) is 34.5. The molecule has 0 saturated carbocycles. The number of alkyl carbamates (subject to hydrolysis) is 1. The van der Waals surface area contributed by atoms with Crippen LogP contribution in [0.3, 0.4) is 0 Å². The van der Waals surface area contributed by atoms with Crippen molar-refractivity contribution in [1.82, 2.24) is 9.62 Å². The number of fused-ring (bicyclic) bond motifs is 1.